The Hall–Kier alpha value is -1.73. The van der Waals surface area contributed by atoms with Crippen LogP contribution in [0.25, 0.3) is 0 Å². The average Bonchev–Trinajstić information content (AvgIpc) is 2.97. The minimum atomic E-state index is -0.332. The molecular weight excluding hydrogens is 276 g/mol. The summed E-state index contributed by atoms with van der Waals surface area (Å²) < 4.78 is 6.71. The van der Waals surface area contributed by atoms with Gasteiger partial charge in [0.15, 0.2) is 0 Å². The fourth-order valence-electron chi connectivity index (χ4n) is 1.85. The van der Waals surface area contributed by atoms with Crippen LogP contribution >= 0.6 is 11.3 Å². The van der Waals surface area contributed by atoms with Crippen molar-refractivity contribution >= 4 is 17.3 Å². The number of aryl methyl sites for hydroxylation is 2. The molecule has 0 atom stereocenters. The Kier molecular flexibility index (Phi) is 4.86. The van der Waals surface area contributed by atoms with E-state index in [-0.39, 0.29) is 5.97 Å². The summed E-state index contributed by atoms with van der Waals surface area (Å²) in [5.41, 5.74) is 2.33. The molecule has 2 heterocycles. The minimum Gasteiger partial charge on any atom is -0.462 e. The lowest BCUT2D eigenvalue weighted by Crippen LogP contribution is -2.18. The van der Waals surface area contributed by atoms with Crippen molar-refractivity contribution in [3.63, 3.8) is 0 Å². The molecular formula is C13H18N4O2S. The summed E-state index contributed by atoms with van der Waals surface area (Å²) in [5.74, 6) is -0.332. The highest BCUT2D eigenvalue weighted by Crippen LogP contribution is 2.11. The van der Waals surface area contributed by atoms with Crippen LogP contribution in [0.15, 0.2) is 11.6 Å². The van der Waals surface area contributed by atoms with Gasteiger partial charge in [0.25, 0.3) is 0 Å². The summed E-state index contributed by atoms with van der Waals surface area (Å²) in [7, 11) is 1.81. The van der Waals surface area contributed by atoms with E-state index < -0.39 is 0 Å². The molecule has 0 aromatic carbocycles. The van der Waals surface area contributed by atoms with E-state index in [1.54, 1.807) is 29.1 Å². The molecule has 0 saturated carbocycles. The van der Waals surface area contributed by atoms with E-state index in [1.165, 1.54) is 0 Å². The van der Waals surface area contributed by atoms with Crippen LogP contribution in [0.5, 0.6) is 0 Å². The second-order valence-corrected chi connectivity index (χ2v) is 5.37. The van der Waals surface area contributed by atoms with Crippen LogP contribution in [-0.4, -0.2) is 27.3 Å². The molecule has 2 aromatic rings. The Labute approximate surface area is 121 Å². The maximum absolute atomic E-state index is 11.8. The van der Waals surface area contributed by atoms with Gasteiger partial charge < -0.3 is 10.1 Å². The van der Waals surface area contributed by atoms with Gasteiger partial charge in [-0.05, 0) is 13.8 Å². The van der Waals surface area contributed by atoms with Gasteiger partial charge in [0, 0.05) is 25.5 Å². The van der Waals surface area contributed by atoms with Crippen LogP contribution in [0.1, 0.15) is 33.7 Å². The first-order valence-electron chi connectivity index (χ1n) is 6.41. The van der Waals surface area contributed by atoms with E-state index in [0.29, 0.717) is 25.3 Å². The SMILES string of the molecule is CCOC(=O)c1cnn(C)c1CNCc1csc(C)n1. The first-order chi connectivity index (χ1) is 9.61. The number of ether oxygens (including phenoxy) is 1. The van der Waals surface area contributed by atoms with Crippen LogP contribution in [0.2, 0.25) is 0 Å². The number of thiazole rings is 1. The third-order valence-corrected chi connectivity index (χ3v) is 3.64. The number of carbonyl (C=O) groups is 1. The highest BCUT2D eigenvalue weighted by Gasteiger charge is 2.16. The second-order valence-electron chi connectivity index (χ2n) is 4.31. The molecule has 108 valence electrons. The zero-order valence-corrected chi connectivity index (χ0v) is 12.7. The molecule has 0 radical (unpaired) electrons. The van der Waals surface area contributed by atoms with Crippen LogP contribution in [0.4, 0.5) is 0 Å². The molecule has 0 spiro atoms. The predicted molar refractivity (Wildman–Crippen MR) is 76.6 cm³/mol. The second kappa shape index (κ2) is 6.62. The lowest BCUT2D eigenvalue weighted by Gasteiger charge is -2.07. The molecule has 0 bridgehead atoms. The maximum Gasteiger partial charge on any atom is 0.341 e. The van der Waals surface area contributed by atoms with Crippen LogP contribution < -0.4 is 5.32 Å². The smallest absolute Gasteiger partial charge is 0.341 e. The Morgan fingerprint density at radius 3 is 2.95 bits per heavy atom. The van der Waals surface area contributed by atoms with Gasteiger partial charge in [-0.1, -0.05) is 0 Å². The molecule has 20 heavy (non-hydrogen) atoms. The number of rotatable bonds is 6. The van der Waals surface area contributed by atoms with E-state index in [2.05, 4.69) is 15.4 Å². The summed E-state index contributed by atoms with van der Waals surface area (Å²) in [5, 5.41) is 10.5. The summed E-state index contributed by atoms with van der Waals surface area (Å²) in [6, 6.07) is 0. The highest BCUT2D eigenvalue weighted by molar-refractivity contribution is 7.09. The van der Waals surface area contributed by atoms with Crippen molar-refractivity contribution in [3.8, 4) is 0 Å². The lowest BCUT2D eigenvalue weighted by atomic mass is 10.2. The number of esters is 1. The molecule has 0 saturated heterocycles. The minimum absolute atomic E-state index is 0.332. The van der Waals surface area contributed by atoms with Crippen molar-refractivity contribution in [3.05, 3.63) is 33.5 Å². The maximum atomic E-state index is 11.8. The van der Waals surface area contributed by atoms with Crippen LogP contribution in [0, 0.1) is 6.92 Å². The van der Waals surface area contributed by atoms with E-state index in [1.807, 2.05) is 19.4 Å². The summed E-state index contributed by atoms with van der Waals surface area (Å²) in [4.78, 5) is 16.2. The van der Waals surface area contributed by atoms with Crippen molar-refractivity contribution in [1.82, 2.24) is 20.1 Å². The van der Waals surface area contributed by atoms with Crippen LogP contribution in [0.3, 0.4) is 0 Å². The molecule has 0 aliphatic heterocycles. The van der Waals surface area contributed by atoms with Gasteiger partial charge in [0.05, 0.1) is 29.2 Å². The molecule has 6 nitrogen and oxygen atoms in total. The molecule has 2 aromatic heterocycles. The summed E-state index contributed by atoms with van der Waals surface area (Å²) >= 11 is 1.63. The van der Waals surface area contributed by atoms with Gasteiger partial charge in [0.2, 0.25) is 0 Å². The molecule has 0 amide bonds. The van der Waals surface area contributed by atoms with Crippen molar-refractivity contribution in [2.24, 2.45) is 7.05 Å². The molecule has 0 fully saturated rings. The quantitative estimate of drug-likeness (QED) is 0.820. The van der Waals surface area contributed by atoms with E-state index in [9.17, 15) is 4.79 Å². The standard InChI is InChI=1S/C13H18N4O2S/c1-4-19-13(18)11-6-15-17(3)12(11)7-14-5-10-8-20-9(2)16-10/h6,8,14H,4-5,7H2,1-3H3. The zero-order chi connectivity index (χ0) is 14.5. The Morgan fingerprint density at radius 2 is 2.30 bits per heavy atom. The fraction of sp³-hybridized carbons (Fsp3) is 0.462. The number of hydrogen-bond acceptors (Lipinski definition) is 6. The van der Waals surface area contributed by atoms with Crippen molar-refractivity contribution in [2.45, 2.75) is 26.9 Å². The first kappa shape index (κ1) is 14.7. The largest absolute Gasteiger partial charge is 0.462 e. The molecule has 7 heteroatoms. The number of nitrogens with one attached hydrogen (secondary N) is 1. The number of aromatic nitrogens is 3. The molecule has 2 rings (SSSR count). The van der Waals surface area contributed by atoms with Gasteiger partial charge in [-0.25, -0.2) is 9.78 Å². The van der Waals surface area contributed by atoms with Gasteiger partial charge in [-0.3, -0.25) is 4.68 Å². The molecule has 1 N–H and O–H groups in total. The third-order valence-electron chi connectivity index (χ3n) is 2.82. The van der Waals surface area contributed by atoms with Crippen molar-refractivity contribution in [1.29, 1.82) is 0 Å². The molecule has 0 unspecified atom stereocenters. The first-order valence-corrected chi connectivity index (χ1v) is 7.29. The van der Waals surface area contributed by atoms with E-state index >= 15 is 0 Å². The average molecular weight is 294 g/mol. The number of nitrogens with zero attached hydrogens (tertiary/aromatic N) is 3. The van der Waals surface area contributed by atoms with Gasteiger partial charge in [-0.2, -0.15) is 5.10 Å². The fourth-order valence-corrected chi connectivity index (χ4v) is 2.46. The Morgan fingerprint density at radius 1 is 1.50 bits per heavy atom. The van der Waals surface area contributed by atoms with E-state index in [4.69, 9.17) is 4.74 Å². The highest BCUT2D eigenvalue weighted by atomic mass is 32.1. The van der Waals surface area contributed by atoms with Crippen molar-refractivity contribution < 1.29 is 9.53 Å². The van der Waals surface area contributed by atoms with Gasteiger partial charge in [-0.15, -0.1) is 11.3 Å². The Balaban J connectivity index is 1.98. The normalized spacial score (nSPS) is 10.8. The zero-order valence-electron chi connectivity index (χ0n) is 11.8. The number of hydrogen-bond donors (Lipinski definition) is 1. The monoisotopic (exact) mass is 294 g/mol. The predicted octanol–water partition coefficient (Wildman–Crippen LogP) is 1.65. The van der Waals surface area contributed by atoms with Crippen molar-refractivity contribution in [2.75, 3.05) is 6.61 Å². The third kappa shape index (κ3) is 3.43. The van der Waals surface area contributed by atoms with Crippen LogP contribution in [-0.2, 0) is 24.9 Å². The number of carbonyl (C=O) groups excluding carboxylic acids is 1. The molecule has 0 aliphatic rings. The lowest BCUT2D eigenvalue weighted by molar-refractivity contribution is 0.0524. The van der Waals surface area contributed by atoms with Gasteiger partial charge >= 0.3 is 5.97 Å². The summed E-state index contributed by atoms with van der Waals surface area (Å²) in [6.45, 7) is 5.34. The van der Waals surface area contributed by atoms with Gasteiger partial charge in [0.1, 0.15) is 5.56 Å². The summed E-state index contributed by atoms with van der Waals surface area (Å²) in [6.07, 6.45) is 1.54. The molecule has 0 aliphatic carbocycles. The topological polar surface area (TPSA) is 69.0 Å². The Bertz CT molecular complexity index is 591. The van der Waals surface area contributed by atoms with E-state index in [0.717, 1.165) is 16.4 Å².